The fraction of sp³-hybridized carbons (Fsp3) is 0.435. The Bertz CT molecular complexity index is 565. The lowest BCUT2D eigenvalue weighted by molar-refractivity contribution is 0.692. The normalized spacial score (nSPS) is 12.2. The van der Waals surface area contributed by atoms with Gasteiger partial charge < -0.3 is 10.7 Å². The van der Waals surface area contributed by atoms with E-state index in [4.69, 9.17) is 5.41 Å². The lowest BCUT2D eigenvalue weighted by Gasteiger charge is -2.12. The van der Waals surface area contributed by atoms with Crippen LogP contribution in [-0.4, -0.2) is 6.72 Å². The number of unbranched alkanes of at least 4 members (excludes halogenated alkanes) is 1. The molecular formula is C23H36N2. The predicted molar refractivity (Wildman–Crippen MR) is 114 cm³/mol. The summed E-state index contributed by atoms with van der Waals surface area (Å²) in [4.78, 5) is 0. The Balaban J connectivity index is 0.00000277. The van der Waals surface area contributed by atoms with Crippen LogP contribution in [0.2, 0.25) is 0 Å². The molecule has 0 aliphatic carbocycles. The quantitative estimate of drug-likeness (QED) is 0.373. The third kappa shape index (κ3) is 9.71. The molecule has 138 valence electrons. The van der Waals surface area contributed by atoms with Gasteiger partial charge in [-0.05, 0) is 49.6 Å². The van der Waals surface area contributed by atoms with Gasteiger partial charge in [0.05, 0.1) is 0 Å². The van der Waals surface area contributed by atoms with Crippen molar-refractivity contribution in [1.82, 2.24) is 5.32 Å². The van der Waals surface area contributed by atoms with Crippen LogP contribution >= 0.6 is 0 Å². The van der Waals surface area contributed by atoms with E-state index in [1.807, 2.05) is 0 Å². The van der Waals surface area contributed by atoms with Crippen molar-refractivity contribution in [2.75, 3.05) is 0 Å². The average Bonchev–Trinajstić information content (AvgIpc) is 2.62. The smallest absolute Gasteiger partial charge is 0.0339 e. The molecular weight excluding hydrogens is 304 g/mol. The summed E-state index contributed by atoms with van der Waals surface area (Å²) in [5.41, 5.74) is 5.25. The minimum absolute atomic E-state index is 0.593. The molecule has 2 heteroatoms. The fourth-order valence-corrected chi connectivity index (χ4v) is 2.42. The summed E-state index contributed by atoms with van der Waals surface area (Å²) in [6.07, 6.45) is 13.5. The van der Waals surface area contributed by atoms with E-state index in [1.165, 1.54) is 35.2 Å². The van der Waals surface area contributed by atoms with Crippen LogP contribution in [0, 0.1) is 18.3 Å². The number of hydrogen-bond donors (Lipinski definition) is 2. The molecule has 0 unspecified atom stereocenters. The third-order valence-corrected chi connectivity index (χ3v) is 3.99. The van der Waals surface area contributed by atoms with Crippen molar-refractivity contribution in [3.05, 3.63) is 65.0 Å². The second-order valence-electron chi connectivity index (χ2n) is 6.41. The molecule has 0 fully saturated rings. The van der Waals surface area contributed by atoms with Crippen molar-refractivity contribution < 1.29 is 0 Å². The highest BCUT2D eigenvalue weighted by atomic mass is 14.8. The lowest BCUT2D eigenvalue weighted by atomic mass is 10.00. The Morgan fingerprint density at radius 3 is 2.40 bits per heavy atom. The summed E-state index contributed by atoms with van der Waals surface area (Å²) in [6, 6.07) is 8.49. The molecule has 2 nitrogen and oxygen atoms in total. The molecule has 1 rings (SSSR count). The predicted octanol–water partition coefficient (Wildman–Crippen LogP) is 6.89. The molecule has 0 spiro atoms. The second-order valence-corrected chi connectivity index (χ2v) is 6.41. The summed E-state index contributed by atoms with van der Waals surface area (Å²) in [5, 5.41) is 9.02. The van der Waals surface area contributed by atoms with E-state index in [2.05, 4.69) is 95.3 Å². The monoisotopic (exact) mass is 340 g/mol. The highest BCUT2D eigenvalue weighted by molar-refractivity contribution is 5.56. The van der Waals surface area contributed by atoms with E-state index in [1.54, 1.807) is 0 Å². The van der Waals surface area contributed by atoms with Crippen LogP contribution < -0.4 is 5.32 Å². The van der Waals surface area contributed by atoms with Gasteiger partial charge in [0, 0.05) is 11.9 Å². The molecule has 0 aliphatic heterocycles. The molecule has 0 aliphatic rings. The average molecular weight is 341 g/mol. The van der Waals surface area contributed by atoms with Crippen molar-refractivity contribution in [1.29, 1.82) is 5.41 Å². The molecule has 0 heterocycles. The van der Waals surface area contributed by atoms with Crippen LogP contribution in [0.5, 0.6) is 0 Å². The molecule has 1 aromatic carbocycles. The van der Waals surface area contributed by atoms with Gasteiger partial charge >= 0.3 is 0 Å². The first-order valence-electron chi connectivity index (χ1n) is 9.33. The molecule has 0 radical (unpaired) electrons. The van der Waals surface area contributed by atoms with Crippen molar-refractivity contribution >= 4 is 12.8 Å². The molecule has 25 heavy (non-hydrogen) atoms. The Morgan fingerprint density at radius 1 is 1.16 bits per heavy atom. The number of benzene rings is 1. The SMILES string of the molecule is C=N.CCC/C=C(/C=C\c1ccccc1C)N/C=C(\CCC)C(C)C. The first-order valence-corrected chi connectivity index (χ1v) is 9.33. The maximum atomic E-state index is 5.50. The minimum atomic E-state index is 0.593. The molecule has 0 bridgehead atoms. The zero-order valence-electron chi connectivity index (χ0n) is 16.7. The highest BCUT2D eigenvalue weighted by Crippen LogP contribution is 2.16. The summed E-state index contributed by atoms with van der Waals surface area (Å²) >= 11 is 0. The third-order valence-electron chi connectivity index (χ3n) is 3.99. The largest absolute Gasteiger partial charge is 0.362 e. The molecule has 0 saturated carbocycles. The zero-order chi connectivity index (χ0) is 19.1. The van der Waals surface area contributed by atoms with Gasteiger partial charge in [0.1, 0.15) is 0 Å². The van der Waals surface area contributed by atoms with E-state index in [-0.39, 0.29) is 0 Å². The Morgan fingerprint density at radius 2 is 1.84 bits per heavy atom. The first-order chi connectivity index (χ1) is 12.1. The van der Waals surface area contributed by atoms with Crippen molar-refractivity contribution in [3.63, 3.8) is 0 Å². The molecule has 2 N–H and O–H groups in total. The number of hydrogen-bond acceptors (Lipinski definition) is 2. The molecule has 0 saturated heterocycles. The molecule has 1 aromatic rings. The fourth-order valence-electron chi connectivity index (χ4n) is 2.42. The van der Waals surface area contributed by atoms with Crippen LogP contribution in [0.3, 0.4) is 0 Å². The van der Waals surface area contributed by atoms with Gasteiger partial charge in [0.25, 0.3) is 0 Å². The molecule has 0 atom stereocenters. The van der Waals surface area contributed by atoms with Crippen LogP contribution in [0.1, 0.15) is 64.5 Å². The lowest BCUT2D eigenvalue weighted by Crippen LogP contribution is -2.07. The second kappa shape index (κ2) is 14.3. The zero-order valence-corrected chi connectivity index (χ0v) is 16.7. The minimum Gasteiger partial charge on any atom is -0.362 e. The van der Waals surface area contributed by atoms with Crippen LogP contribution in [-0.2, 0) is 0 Å². The van der Waals surface area contributed by atoms with Gasteiger partial charge in [-0.15, -0.1) is 0 Å². The Labute approximate surface area is 155 Å². The maximum Gasteiger partial charge on any atom is 0.0339 e. The van der Waals surface area contributed by atoms with Gasteiger partial charge in [-0.25, -0.2) is 0 Å². The van der Waals surface area contributed by atoms with Crippen molar-refractivity contribution in [3.8, 4) is 0 Å². The van der Waals surface area contributed by atoms with Gasteiger partial charge in [0.15, 0.2) is 0 Å². The van der Waals surface area contributed by atoms with Crippen LogP contribution in [0.4, 0.5) is 0 Å². The van der Waals surface area contributed by atoms with Gasteiger partial charge in [-0.3, -0.25) is 0 Å². The summed E-state index contributed by atoms with van der Waals surface area (Å²) in [6.45, 7) is 13.6. The van der Waals surface area contributed by atoms with E-state index in [0.29, 0.717) is 5.92 Å². The topological polar surface area (TPSA) is 35.9 Å². The highest BCUT2D eigenvalue weighted by Gasteiger charge is 2.02. The number of nitrogens with one attached hydrogen (secondary N) is 2. The number of rotatable bonds is 9. The van der Waals surface area contributed by atoms with Crippen molar-refractivity contribution in [2.24, 2.45) is 5.92 Å². The van der Waals surface area contributed by atoms with E-state index >= 15 is 0 Å². The number of aryl methyl sites for hydroxylation is 1. The Hall–Kier alpha value is -2.09. The summed E-state index contributed by atoms with van der Waals surface area (Å²) in [7, 11) is 0. The van der Waals surface area contributed by atoms with Gasteiger partial charge in [0.2, 0.25) is 0 Å². The van der Waals surface area contributed by atoms with Crippen LogP contribution in [0.25, 0.3) is 6.08 Å². The maximum absolute atomic E-state index is 5.50. The molecule has 0 aromatic heterocycles. The first kappa shape index (κ1) is 22.9. The van der Waals surface area contributed by atoms with Crippen molar-refractivity contribution in [2.45, 2.75) is 60.3 Å². The standard InChI is InChI=1S/C22H33N.CH3N/c1-6-8-14-22(23-17-21(11-7-2)18(3)4)16-15-20-13-10-9-12-19(20)5;1-2/h9-10,12-18,23H,6-8,11H2,1-5H3;2H,1H2/b16-15-,21-17+,22-14-;. The Kier molecular flexibility index (Phi) is 13.1. The van der Waals surface area contributed by atoms with E-state index in [9.17, 15) is 0 Å². The van der Waals surface area contributed by atoms with E-state index < -0.39 is 0 Å². The van der Waals surface area contributed by atoms with E-state index in [0.717, 1.165) is 12.8 Å². The number of allylic oxidation sites excluding steroid dienone is 3. The molecule has 0 amide bonds. The summed E-state index contributed by atoms with van der Waals surface area (Å²) < 4.78 is 0. The van der Waals surface area contributed by atoms with Crippen LogP contribution in [0.15, 0.2) is 53.9 Å². The van der Waals surface area contributed by atoms with Gasteiger partial charge in [-0.1, -0.05) is 82.5 Å². The summed E-state index contributed by atoms with van der Waals surface area (Å²) in [5.74, 6) is 0.593. The van der Waals surface area contributed by atoms with Gasteiger partial charge in [-0.2, -0.15) is 0 Å².